The van der Waals surface area contributed by atoms with E-state index in [2.05, 4.69) is 13.0 Å². The van der Waals surface area contributed by atoms with Crippen LogP contribution in [-0.4, -0.2) is 18.6 Å². The fraction of sp³-hybridized carbons (Fsp3) is 0.531. The number of nitriles is 1. The Morgan fingerprint density at radius 2 is 1.39 bits per heavy atom. The zero-order valence-corrected chi connectivity index (χ0v) is 23.3. The number of nitrogens with zero attached hydrogens (tertiary/aromatic N) is 2. The molecule has 0 N–H and O–H groups in total. The fourth-order valence-electron chi connectivity index (χ4n) is 4.48. The summed E-state index contributed by atoms with van der Waals surface area (Å²) < 4.78 is 11.5. The third-order valence-corrected chi connectivity index (χ3v) is 6.76. The summed E-state index contributed by atoms with van der Waals surface area (Å²) >= 11 is 0. The summed E-state index contributed by atoms with van der Waals surface area (Å²) in [5.41, 5.74) is 1.82. The van der Waals surface area contributed by atoms with Crippen molar-refractivity contribution in [1.29, 1.82) is 5.26 Å². The Bertz CT molecular complexity index is 1020. The largest absolute Gasteiger partial charge is 0.493 e. The van der Waals surface area contributed by atoms with E-state index < -0.39 is 4.92 Å². The van der Waals surface area contributed by atoms with Crippen LogP contribution in [0.1, 0.15) is 108 Å². The second-order valence-corrected chi connectivity index (χ2v) is 9.83. The van der Waals surface area contributed by atoms with Crippen molar-refractivity contribution in [3.63, 3.8) is 0 Å². The maximum Gasteiger partial charge on any atom is 0.269 e. The summed E-state index contributed by atoms with van der Waals surface area (Å²) in [5, 5.41) is 20.5. The quantitative estimate of drug-likeness (QED) is 0.0570. The molecular formula is C32H44N2O4. The molecule has 2 aromatic carbocycles. The van der Waals surface area contributed by atoms with Crippen LogP contribution in [-0.2, 0) is 0 Å². The zero-order chi connectivity index (χ0) is 27.4. The molecule has 0 spiro atoms. The maximum atomic E-state index is 10.9. The lowest BCUT2D eigenvalue weighted by Crippen LogP contribution is -1.99. The van der Waals surface area contributed by atoms with Gasteiger partial charge in [-0.2, -0.15) is 5.26 Å². The first-order valence-electron chi connectivity index (χ1n) is 14.3. The van der Waals surface area contributed by atoms with Gasteiger partial charge in [-0.15, -0.1) is 0 Å². The Morgan fingerprint density at radius 1 is 0.842 bits per heavy atom. The lowest BCUT2D eigenvalue weighted by molar-refractivity contribution is -0.384. The summed E-state index contributed by atoms with van der Waals surface area (Å²) in [7, 11) is 1.60. The molecule has 0 amide bonds. The first-order valence-corrected chi connectivity index (χ1v) is 14.3. The van der Waals surface area contributed by atoms with E-state index in [1.807, 2.05) is 18.2 Å². The Hall–Kier alpha value is -3.33. The Balaban J connectivity index is 1.68. The maximum absolute atomic E-state index is 10.9. The molecule has 38 heavy (non-hydrogen) atoms. The second-order valence-electron chi connectivity index (χ2n) is 9.83. The van der Waals surface area contributed by atoms with Crippen molar-refractivity contribution in [3.05, 3.63) is 63.7 Å². The lowest BCUT2D eigenvalue weighted by atomic mass is 10.0. The van der Waals surface area contributed by atoms with Gasteiger partial charge >= 0.3 is 0 Å². The van der Waals surface area contributed by atoms with Gasteiger partial charge in [0.25, 0.3) is 5.69 Å². The summed E-state index contributed by atoms with van der Waals surface area (Å²) in [4.78, 5) is 10.4. The molecule has 0 saturated heterocycles. The molecule has 0 aliphatic rings. The third-order valence-electron chi connectivity index (χ3n) is 6.76. The molecule has 0 aliphatic heterocycles. The molecular weight excluding hydrogens is 476 g/mol. The number of nitro groups is 1. The van der Waals surface area contributed by atoms with E-state index >= 15 is 0 Å². The molecule has 0 aliphatic carbocycles. The van der Waals surface area contributed by atoms with Crippen LogP contribution in [0.25, 0.3) is 11.6 Å². The van der Waals surface area contributed by atoms with Gasteiger partial charge in [-0.05, 0) is 47.9 Å². The number of rotatable bonds is 20. The molecule has 206 valence electrons. The number of non-ortho nitro benzene ring substituents is 1. The topological polar surface area (TPSA) is 85.4 Å². The highest BCUT2D eigenvalue weighted by atomic mass is 16.6. The van der Waals surface area contributed by atoms with Crippen LogP contribution in [0, 0.1) is 21.4 Å². The van der Waals surface area contributed by atoms with Crippen molar-refractivity contribution in [2.24, 2.45) is 0 Å². The molecule has 6 nitrogen and oxygen atoms in total. The number of nitro benzene ring substituents is 1. The summed E-state index contributed by atoms with van der Waals surface area (Å²) in [5.74, 6) is 1.30. The monoisotopic (exact) mass is 520 g/mol. The van der Waals surface area contributed by atoms with E-state index in [9.17, 15) is 15.4 Å². The SMILES string of the molecule is CCCCCCCCCCCCCCCCOc1ccc(/C=C(\C#N)c2ccc([N+](=O)[O-])cc2)cc1OC. The van der Waals surface area contributed by atoms with Gasteiger partial charge in [-0.25, -0.2) is 0 Å². The molecule has 0 unspecified atom stereocenters. The van der Waals surface area contributed by atoms with E-state index in [1.165, 1.54) is 95.6 Å². The third kappa shape index (κ3) is 11.8. The van der Waals surface area contributed by atoms with Crippen molar-refractivity contribution in [1.82, 2.24) is 0 Å². The number of hydrogen-bond acceptors (Lipinski definition) is 5. The standard InChI is InChI=1S/C32H44N2O4/c1-3-4-5-6-7-8-9-10-11-12-13-14-15-16-23-38-31-22-17-27(25-32(31)37-2)24-29(26-33)28-18-20-30(21-19-28)34(35)36/h17-22,24-25H,3-16,23H2,1-2H3/b29-24+. The number of allylic oxidation sites excluding steroid dienone is 1. The Labute approximate surface area is 228 Å². The number of benzene rings is 2. The fourth-order valence-corrected chi connectivity index (χ4v) is 4.48. The number of methoxy groups -OCH3 is 1. The van der Waals surface area contributed by atoms with Gasteiger partial charge in [0.1, 0.15) is 0 Å². The Morgan fingerprint density at radius 3 is 1.89 bits per heavy atom. The molecule has 0 atom stereocenters. The number of unbranched alkanes of at least 4 members (excludes halogenated alkanes) is 13. The van der Waals surface area contributed by atoms with Gasteiger partial charge < -0.3 is 9.47 Å². The normalized spacial score (nSPS) is 11.2. The van der Waals surface area contributed by atoms with Crippen molar-refractivity contribution in [2.75, 3.05) is 13.7 Å². The van der Waals surface area contributed by atoms with Crippen molar-refractivity contribution < 1.29 is 14.4 Å². The highest BCUT2D eigenvalue weighted by Crippen LogP contribution is 2.30. The highest BCUT2D eigenvalue weighted by molar-refractivity contribution is 5.90. The van der Waals surface area contributed by atoms with Crippen LogP contribution < -0.4 is 9.47 Å². The minimum atomic E-state index is -0.456. The van der Waals surface area contributed by atoms with Crippen LogP contribution >= 0.6 is 0 Å². The molecule has 0 saturated carbocycles. The molecule has 0 heterocycles. The van der Waals surface area contributed by atoms with E-state index in [0.29, 0.717) is 29.2 Å². The lowest BCUT2D eigenvalue weighted by Gasteiger charge is -2.11. The van der Waals surface area contributed by atoms with E-state index in [1.54, 1.807) is 25.3 Å². The van der Waals surface area contributed by atoms with Crippen LogP contribution in [0.15, 0.2) is 42.5 Å². The molecule has 0 bridgehead atoms. The van der Waals surface area contributed by atoms with Crippen molar-refractivity contribution in [3.8, 4) is 17.6 Å². The molecule has 0 radical (unpaired) electrons. The zero-order valence-electron chi connectivity index (χ0n) is 23.3. The number of ether oxygens (including phenoxy) is 2. The average molecular weight is 521 g/mol. The van der Waals surface area contributed by atoms with Crippen molar-refractivity contribution in [2.45, 2.75) is 96.8 Å². The summed E-state index contributed by atoms with van der Waals surface area (Å²) in [6.07, 6.45) is 20.3. The van der Waals surface area contributed by atoms with E-state index in [4.69, 9.17) is 9.47 Å². The molecule has 2 rings (SSSR count). The van der Waals surface area contributed by atoms with Gasteiger partial charge in [0.2, 0.25) is 0 Å². The first-order chi connectivity index (χ1) is 18.6. The molecule has 6 heteroatoms. The van der Waals surface area contributed by atoms with Gasteiger partial charge in [-0.1, -0.05) is 96.5 Å². The van der Waals surface area contributed by atoms with Crippen LogP contribution in [0.4, 0.5) is 5.69 Å². The molecule has 2 aromatic rings. The smallest absolute Gasteiger partial charge is 0.269 e. The minimum absolute atomic E-state index is 0.00647. The summed E-state index contributed by atoms with van der Waals surface area (Å²) in [6, 6.07) is 13.7. The minimum Gasteiger partial charge on any atom is -0.493 e. The molecule has 0 fully saturated rings. The molecule has 0 aromatic heterocycles. The van der Waals surface area contributed by atoms with Gasteiger partial charge in [-0.3, -0.25) is 10.1 Å². The average Bonchev–Trinajstić information content (AvgIpc) is 2.94. The summed E-state index contributed by atoms with van der Waals surface area (Å²) in [6.45, 7) is 2.92. The first kappa shape index (κ1) is 30.9. The van der Waals surface area contributed by atoms with Crippen LogP contribution in [0.5, 0.6) is 11.5 Å². The van der Waals surface area contributed by atoms with Crippen LogP contribution in [0.3, 0.4) is 0 Å². The van der Waals surface area contributed by atoms with Gasteiger partial charge in [0, 0.05) is 12.1 Å². The van der Waals surface area contributed by atoms with E-state index in [-0.39, 0.29) is 5.69 Å². The van der Waals surface area contributed by atoms with Gasteiger partial charge in [0.05, 0.1) is 30.3 Å². The van der Waals surface area contributed by atoms with Crippen LogP contribution in [0.2, 0.25) is 0 Å². The highest BCUT2D eigenvalue weighted by Gasteiger charge is 2.09. The van der Waals surface area contributed by atoms with Gasteiger partial charge in [0.15, 0.2) is 11.5 Å². The predicted octanol–water partition coefficient (Wildman–Crippen LogP) is 9.53. The van der Waals surface area contributed by atoms with Crippen molar-refractivity contribution >= 4 is 17.3 Å². The van der Waals surface area contributed by atoms with E-state index in [0.717, 1.165) is 12.0 Å². The Kier molecular flexibility index (Phi) is 15.3. The predicted molar refractivity (Wildman–Crippen MR) is 155 cm³/mol. The second kappa shape index (κ2) is 18.8. The number of hydrogen-bond donors (Lipinski definition) is 0.